The van der Waals surface area contributed by atoms with E-state index in [9.17, 15) is 38.5 Å². The summed E-state index contributed by atoms with van der Waals surface area (Å²) in [6.07, 6.45) is 18.1. The molecule has 72 heavy (non-hydrogen) atoms. The molecule has 3 aromatic rings. The van der Waals surface area contributed by atoms with E-state index < -0.39 is 49.6 Å². The first-order chi connectivity index (χ1) is 34.4. The van der Waals surface area contributed by atoms with Crippen molar-refractivity contribution in [2.75, 3.05) is 69.4 Å². The van der Waals surface area contributed by atoms with Gasteiger partial charge in [0, 0.05) is 75.6 Å². The monoisotopic (exact) mass is 1030 g/mol. The number of aliphatic carboxylic acids is 1. The molecule has 2 unspecified atom stereocenters. The molecule has 0 spiro atoms. The molecule has 0 bridgehead atoms. The van der Waals surface area contributed by atoms with E-state index in [4.69, 9.17) is 31.0 Å². The van der Waals surface area contributed by atoms with Gasteiger partial charge in [0.25, 0.3) is 5.91 Å². The van der Waals surface area contributed by atoms with Crippen molar-refractivity contribution in [1.29, 1.82) is 0 Å². The number of unbranched alkanes of at least 4 members (excludes halogenated alkanes) is 13. The number of ketones is 1. The Balaban J connectivity index is 1.34. The Labute approximate surface area is 423 Å². The third-order valence-electron chi connectivity index (χ3n) is 11.8. The van der Waals surface area contributed by atoms with Crippen LogP contribution in [0.2, 0.25) is 0 Å². The summed E-state index contributed by atoms with van der Waals surface area (Å²) in [5, 5.41) is 18.0. The van der Waals surface area contributed by atoms with Crippen molar-refractivity contribution in [2.45, 2.75) is 148 Å². The molecule has 2 heterocycles. The van der Waals surface area contributed by atoms with Gasteiger partial charge in [-0.3, -0.25) is 28.2 Å². The van der Waals surface area contributed by atoms with Crippen LogP contribution in [0.25, 0.3) is 11.2 Å². The Morgan fingerprint density at radius 1 is 0.819 bits per heavy atom. The Hall–Kier alpha value is -5.38. The molecule has 0 aliphatic rings. The van der Waals surface area contributed by atoms with E-state index in [1.807, 2.05) is 11.9 Å². The van der Waals surface area contributed by atoms with Crippen molar-refractivity contribution in [3.8, 4) is 0 Å². The van der Waals surface area contributed by atoms with Crippen molar-refractivity contribution in [2.24, 2.45) is 11.1 Å². The van der Waals surface area contributed by atoms with Gasteiger partial charge < -0.3 is 52.8 Å². The lowest BCUT2D eigenvalue weighted by Gasteiger charge is -2.29. The largest absolute Gasteiger partial charge is 0.480 e. The molecule has 2 aromatic heterocycles. The van der Waals surface area contributed by atoms with Crippen LogP contribution in [0.4, 0.5) is 17.5 Å². The van der Waals surface area contributed by atoms with Crippen LogP contribution < -0.4 is 38.1 Å². The lowest BCUT2D eigenvalue weighted by molar-refractivity contribution is -0.149. The third kappa shape index (κ3) is 24.8. The molecular weight excluding hydrogens is 950 g/mol. The normalized spacial score (nSPS) is 13.5. The number of nitrogens with zero attached hydrogens (tertiary/aromatic N) is 5. The molecule has 0 aliphatic heterocycles. The van der Waals surface area contributed by atoms with Crippen molar-refractivity contribution in [3.05, 3.63) is 41.7 Å². The number of Topliss-reactive ketones (excluding diaryl/α,β-unsaturated/α-hetero) is 1. The smallest absolute Gasteiger partial charge is 0.472 e. The summed E-state index contributed by atoms with van der Waals surface area (Å²) < 4.78 is 28.0. The number of phosphoric acid groups is 1. The molecule has 402 valence electrons. The molecule has 3 atom stereocenters. The summed E-state index contributed by atoms with van der Waals surface area (Å²) in [5.74, 6) is -2.88. The second-order valence-electron chi connectivity index (χ2n) is 18.6. The maximum Gasteiger partial charge on any atom is 0.472 e. The number of fused-ring (bicyclic) bond motifs is 1. The van der Waals surface area contributed by atoms with Crippen molar-refractivity contribution in [3.63, 3.8) is 0 Å². The second-order valence-corrected chi connectivity index (χ2v) is 20.0. The van der Waals surface area contributed by atoms with Crippen LogP contribution >= 0.6 is 7.82 Å². The minimum absolute atomic E-state index is 0.00222. The number of ether oxygens (including phenoxy) is 1. The number of esters is 1. The zero-order valence-electron chi connectivity index (χ0n) is 42.5. The fourth-order valence-electron chi connectivity index (χ4n) is 7.71. The number of phosphoric ester groups is 1. The molecule has 2 amide bonds. The van der Waals surface area contributed by atoms with Crippen molar-refractivity contribution >= 4 is 66.0 Å². The fourth-order valence-corrected chi connectivity index (χ4v) is 8.59. The van der Waals surface area contributed by atoms with Crippen LogP contribution in [0.15, 0.2) is 30.5 Å². The molecule has 1 aromatic carbocycles. The van der Waals surface area contributed by atoms with Crippen LogP contribution in [0.5, 0.6) is 0 Å². The number of hydrogen-bond acceptors (Lipinski definition) is 18. The van der Waals surface area contributed by atoms with Crippen LogP contribution in [0.3, 0.4) is 0 Å². The van der Waals surface area contributed by atoms with Gasteiger partial charge in [0.05, 0.1) is 38.3 Å². The zero-order valence-corrected chi connectivity index (χ0v) is 43.4. The summed E-state index contributed by atoms with van der Waals surface area (Å²) in [6.45, 7) is 4.10. The maximum atomic E-state index is 13.1. The highest BCUT2D eigenvalue weighted by molar-refractivity contribution is 7.47. The first kappa shape index (κ1) is 60.9. The number of nitrogens with one attached hydrogen (secondary N) is 3. The molecule has 0 saturated heterocycles. The van der Waals surface area contributed by atoms with Crippen molar-refractivity contribution in [1.82, 2.24) is 35.9 Å². The number of nitrogens with two attached hydrogens (primary N) is 3. The first-order valence-corrected chi connectivity index (χ1v) is 26.8. The highest BCUT2D eigenvalue weighted by Crippen LogP contribution is 2.45. The molecule has 0 fully saturated rings. The van der Waals surface area contributed by atoms with Gasteiger partial charge in [-0.1, -0.05) is 97.3 Å². The van der Waals surface area contributed by atoms with Gasteiger partial charge in [0.2, 0.25) is 11.9 Å². The molecule has 0 saturated carbocycles. The Kier molecular flexibility index (Phi) is 28.2. The van der Waals surface area contributed by atoms with Crippen LogP contribution in [0.1, 0.15) is 152 Å². The number of carboxylic acids is 1. The highest BCUT2D eigenvalue weighted by atomic mass is 31.2. The number of carbonyl (C=O) groups is 5. The van der Waals surface area contributed by atoms with Crippen LogP contribution in [-0.4, -0.2) is 119 Å². The molecule has 23 heteroatoms. The number of nitrogen functional groups attached to an aromatic ring is 2. The molecule has 11 N–H and O–H groups in total. The Morgan fingerprint density at radius 2 is 1.46 bits per heavy atom. The highest BCUT2D eigenvalue weighted by Gasteiger charge is 2.34. The van der Waals surface area contributed by atoms with E-state index in [1.54, 1.807) is 37.4 Å². The van der Waals surface area contributed by atoms with E-state index in [1.165, 1.54) is 64.2 Å². The maximum absolute atomic E-state index is 13.1. The second kappa shape index (κ2) is 33.4. The van der Waals surface area contributed by atoms with E-state index in [2.05, 4.69) is 42.8 Å². The van der Waals surface area contributed by atoms with Gasteiger partial charge in [0.1, 0.15) is 11.8 Å². The number of hydrogen-bond donors (Lipinski definition) is 8. The van der Waals surface area contributed by atoms with Crippen LogP contribution in [0, 0.1) is 5.41 Å². The zero-order chi connectivity index (χ0) is 52.8. The first-order valence-electron chi connectivity index (χ1n) is 25.3. The Bertz CT molecular complexity index is 2190. The average Bonchev–Trinajstić information content (AvgIpc) is 3.34. The number of amides is 2. The summed E-state index contributed by atoms with van der Waals surface area (Å²) in [7, 11) is -2.66. The van der Waals surface area contributed by atoms with Gasteiger partial charge in [0.15, 0.2) is 17.0 Å². The molecule has 22 nitrogen and oxygen atoms in total. The predicted octanol–water partition coefficient (Wildman–Crippen LogP) is 5.75. The minimum atomic E-state index is -4.48. The lowest BCUT2D eigenvalue weighted by atomic mass is 9.86. The number of carboxylic acid groups (broad SMARTS) is 1. The van der Waals surface area contributed by atoms with Crippen molar-refractivity contribution < 1.29 is 52.3 Å². The average molecular weight is 1030 g/mol. The van der Waals surface area contributed by atoms with E-state index >= 15 is 0 Å². The van der Waals surface area contributed by atoms with Gasteiger partial charge >= 0.3 is 19.8 Å². The molecule has 0 radical (unpaired) electrons. The Morgan fingerprint density at radius 3 is 2.08 bits per heavy atom. The topological polar surface area (TPSA) is 340 Å². The number of anilines is 3. The molecular formula is C49H80N11O11P. The molecule has 3 rings (SSSR count). The summed E-state index contributed by atoms with van der Waals surface area (Å²) in [5.41, 5.74) is 18.0. The number of benzene rings is 1. The number of aromatic nitrogens is 4. The van der Waals surface area contributed by atoms with Crippen LogP contribution in [-0.2, 0) is 44.1 Å². The fraction of sp³-hybridized carbons (Fsp3) is 0.653. The summed E-state index contributed by atoms with van der Waals surface area (Å²) in [4.78, 5) is 92.1. The number of rotatable bonds is 40. The van der Waals surface area contributed by atoms with Gasteiger partial charge in [-0.2, -0.15) is 9.97 Å². The van der Waals surface area contributed by atoms with Gasteiger partial charge in [-0.05, 0) is 37.1 Å². The van der Waals surface area contributed by atoms with E-state index in [-0.39, 0.29) is 93.7 Å². The standard InChI is InChI=1S/C49H80N11O11P/c1-4-5-6-7-8-9-10-11-12-13-14-15-16-17-18-42(63)69-34-49(2,35-71-72(67,68)70-30-26-50)31-39(61)25-27-53-28-29-54-41(62)24-23-40(47(65)66)57-46(64)36-19-21-38(22-20-36)60(3)33-37-32-55-45-43(56-37)44(51)58-48(52)59-45/h19-22,32,40,53H,4-18,23-31,33-35,50H2,1-3H3,(H,54,62)(H,57,64)(H,65,66)(H,67,68)(H4,51,52,55,58,59)/t40-,49?/m0/s1. The SMILES string of the molecule is CCCCCCCCCCCCCCCCC(=O)OCC(C)(COP(=O)(O)OCCN)CC(=O)CCNCCNC(=O)CC[C@H](NC(=O)c1ccc(N(C)Cc2cnc3nc(N)nc(N)c3n2)cc1)C(=O)O. The quantitative estimate of drug-likeness (QED) is 0.0191. The number of carbonyl (C=O) groups excluding carboxylic acids is 4. The summed E-state index contributed by atoms with van der Waals surface area (Å²) >= 11 is 0. The minimum Gasteiger partial charge on any atom is -0.480 e. The summed E-state index contributed by atoms with van der Waals surface area (Å²) in [6, 6.07) is 5.17. The van der Waals surface area contributed by atoms with E-state index in [0.717, 1.165) is 24.9 Å². The third-order valence-corrected chi connectivity index (χ3v) is 12.8. The van der Waals surface area contributed by atoms with E-state index in [0.29, 0.717) is 30.7 Å². The van der Waals surface area contributed by atoms with Gasteiger partial charge in [-0.15, -0.1) is 0 Å². The lowest BCUT2D eigenvalue weighted by Crippen LogP contribution is -2.42. The molecule has 0 aliphatic carbocycles. The van der Waals surface area contributed by atoms with Gasteiger partial charge in [-0.25, -0.2) is 19.3 Å². The predicted molar refractivity (Wildman–Crippen MR) is 276 cm³/mol.